The van der Waals surface area contributed by atoms with Gasteiger partial charge in [-0.2, -0.15) is 0 Å². The normalized spacial score (nSPS) is 11.5. The monoisotopic (exact) mass is 735 g/mol. The molecule has 0 bridgehead atoms. The lowest BCUT2D eigenvalue weighted by molar-refractivity contribution is -0.388. The maximum absolute atomic E-state index is 13.7. The molecular weight excluding hydrogens is 710 g/mol. The minimum absolute atomic E-state index is 0.0255. The maximum atomic E-state index is 13.7. The lowest BCUT2D eigenvalue weighted by Gasteiger charge is -2.18. The number of nitrogens with zero attached hydrogens (tertiary/aromatic N) is 7. The van der Waals surface area contributed by atoms with Crippen LogP contribution in [0.5, 0.6) is 0 Å². The SMILES string of the molecule is O=C(O)CC(NC(=O)Cn1c(-c2ccc(F)cc2)ncc([N+](=O)C(=O)Cc2ccccc2)c1=O)C(=O)Cn1nnnc1Cc1c(Cl)cccc1Cl. The van der Waals surface area contributed by atoms with Crippen LogP contribution in [0.3, 0.4) is 0 Å². The predicted octanol–water partition coefficient (Wildman–Crippen LogP) is 3.34. The first-order valence-electron chi connectivity index (χ1n) is 15.0. The molecule has 0 fully saturated rings. The molecule has 18 heteroatoms. The number of carbonyl (C=O) groups excluding carboxylic acids is 3. The van der Waals surface area contributed by atoms with Crippen LogP contribution in [-0.4, -0.2) is 69.2 Å². The number of aromatic nitrogens is 6. The van der Waals surface area contributed by atoms with Gasteiger partial charge < -0.3 is 10.4 Å². The Balaban J connectivity index is 1.40. The van der Waals surface area contributed by atoms with Crippen molar-refractivity contribution in [1.82, 2.24) is 35.1 Å². The fourth-order valence-corrected chi connectivity index (χ4v) is 5.50. The summed E-state index contributed by atoms with van der Waals surface area (Å²) >= 11 is 12.5. The van der Waals surface area contributed by atoms with Crippen molar-refractivity contribution in [2.75, 3.05) is 0 Å². The van der Waals surface area contributed by atoms with Crippen LogP contribution < -0.4 is 10.9 Å². The molecule has 5 rings (SSSR count). The van der Waals surface area contributed by atoms with Crippen LogP contribution in [0.2, 0.25) is 10.0 Å². The van der Waals surface area contributed by atoms with Gasteiger partial charge >= 0.3 is 23.1 Å². The molecule has 2 heterocycles. The van der Waals surface area contributed by atoms with Crippen LogP contribution in [0.4, 0.5) is 10.1 Å². The molecule has 1 atom stereocenters. The third-order valence-corrected chi connectivity index (χ3v) is 8.20. The Labute approximate surface area is 297 Å². The van der Waals surface area contributed by atoms with Gasteiger partial charge in [-0.3, -0.25) is 23.7 Å². The van der Waals surface area contributed by atoms with Crippen LogP contribution >= 0.6 is 23.2 Å². The van der Waals surface area contributed by atoms with Gasteiger partial charge in [0.25, 0.3) is 0 Å². The zero-order chi connectivity index (χ0) is 36.7. The van der Waals surface area contributed by atoms with Crippen molar-refractivity contribution in [3.63, 3.8) is 0 Å². The van der Waals surface area contributed by atoms with Crippen LogP contribution in [-0.2, 0) is 45.1 Å². The number of amides is 2. The minimum atomic E-state index is -1.62. The number of hydrogen-bond acceptors (Lipinski definition) is 10. The number of Topliss-reactive ketones (excluding diaryl/α,β-unsaturated/α-hetero) is 1. The van der Waals surface area contributed by atoms with E-state index < -0.39 is 66.2 Å². The second-order valence-corrected chi connectivity index (χ2v) is 11.8. The summed E-state index contributed by atoms with van der Waals surface area (Å²) in [5, 5.41) is 23.8. The first-order chi connectivity index (χ1) is 24.4. The summed E-state index contributed by atoms with van der Waals surface area (Å²) in [4.78, 5) is 82.2. The second-order valence-electron chi connectivity index (χ2n) is 11.0. The summed E-state index contributed by atoms with van der Waals surface area (Å²) in [6, 6.07) is 16.2. The standard InChI is InChI=1S/C33H25Cl2FN8O7/c34-23-7-4-8-24(35)22(23)14-28-39-40-41-43(28)17-27(45)25(15-31(48)49)38-29(46)18-42-32(20-9-11-21(36)12-10-20)37-16-26(33(42)50)44(51)30(47)13-19-5-2-1-3-6-19/h1-12,16,25H,13-15,17-18H2,(H-,38,46,48,49)/p+1. The van der Waals surface area contributed by atoms with Crippen molar-refractivity contribution in [1.29, 1.82) is 0 Å². The summed E-state index contributed by atoms with van der Waals surface area (Å²) in [6.07, 6.45) is -0.296. The summed E-state index contributed by atoms with van der Waals surface area (Å²) < 4.78 is 15.4. The number of ketones is 1. The number of carboxylic acid groups (broad SMARTS) is 1. The topological polar surface area (TPSA) is 199 Å². The fraction of sp³-hybridized carbons (Fsp3) is 0.182. The van der Waals surface area contributed by atoms with Gasteiger partial charge in [-0.05, 0) is 58.0 Å². The predicted molar refractivity (Wildman–Crippen MR) is 179 cm³/mol. The molecule has 2 aromatic heterocycles. The Morgan fingerprint density at radius 2 is 1.63 bits per heavy atom. The Bertz CT molecular complexity index is 2170. The van der Waals surface area contributed by atoms with Crippen LogP contribution in [0, 0.1) is 10.7 Å². The highest BCUT2D eigenvalue weighted by atomic mass is 35.5. The Morgan fingerprint density at radius 3 is 2.29 bits per heavy atom. The van der Waals surface area contributed by atoms with Gasteiger partial charge in [0, 0.05) is 26.9 Å². The first-order valence-corrected chi connectivity index (χ1v) is 15.8. The molecule has 15 nitrogen and oxygen atoms in total. The third kappa shape index (κ3) is 8.97. The molecule has 2 amide bonds. The molecule has 3 aromatic carbocycles. The van der Waals surface area contributed by atoms with Crippen molar-refractivity contribution in [3.05, 3.63) is 127 Å². The van der Waals surface area contributed by atoms with E-state index in [9.17, 15) is 38.4 Å². The quantitative estimate of drug-likeness (QED) is 0.159. The zero-order valence-electron chi connectivity index (χ0n) is 26.3. The molecule has 0 aliphatic heterocycles. The van der Waals surface area contributed by atoms with E-state index in [4.69, 9.17) is 23.2 Å². The number of carbonyl (C=O) groups is 4. The van der Waals surface area contributed by atoms with E-state index in [1.165, 1.54) is 12.1 Å². The number of aliphatic carboxylic acids is 1. The number of nitrogens with one attached hydrogen (secondary N) is 1. The highest BCUT2D eigenvalue weighted by Crippen LogP contribution is 2.26. The molecule has 0 aliphatic rings. The summed E-state index contributed by atoms with van der Waals surface area (Å²) in [5.41, 5.74) is -0.652. The summed E-state index contributed by atoms with van der Waals surface area (Å²) in [5.74, 6) is -4.86. The molecule has 2 N–H and O–H groups in total. The first kappa shape index (κ1) is 36.3. The van der Waals surface area contributed by atoms with Crippen molar-refractivity contribution in [2.45, 2.75) is 38.4 Å². The average Bonchev–Trinajstić information content (AvgIpc) is 3.53. The van der Waals surface area contributed by atoms with E-state index in [0.717, 1.165) is 27.6 Å². The molecule has 0 aliphatic carbocycles. The van der Waals surface area contributed by atoms with E-state index in [2.05, 4.69) is 25.8 Å². The molecule has 0 radical (unpaired) electrons. The molecule has 51 heavy (non-hydrogen) atoms. The van der Waals surface area contributed by atoms with Gasteiger partial charge in [0.1, 0.15) is 42.1 Å². The van der Waals surface area contributed by atoms with Gasteiger partial charge in [-0.25, -0.2) is 18.9 Å². The molecule has 0 saturated carbocycles. The van der Waals surface area contributed by atoms with E-state index in [-0.39, 0.29) is 34.8 Å². The Hall–Kier alpha value is -6.00. The van der Waals surface area contributed by atoms with E-state index in [1.807, 2.05) is 0 Å². The number of benzene rings is 3. The van der Waals surface area contributed by atoms with Gasteiger partial charge in [0.05, 0.1) is 12.5 Å². The number of tetrazole rings is 1. The van der Waals surface area contributed by atoms with Gasteiger partial charge in [-0.1, -0.05) is 59.6 Å². The van der Waals surface area contributed by atoms with Crippen molar-refractivity contribution in [2.24, 2.45) is 0 Å². The van der Waals surface area contributed by atoms with E-state index in [1.54, 1.807) is 48.5 Å². The highest BCUT2D eigenvalue weighted by Gasteiger charge is 2.32. The molecule has 1 unspecified atom stereocenters. The van der Waals surface area contributed by atoms with Gasteiger partial charge in [-0.15, -0.1) is 5.10 Å². The minimum Gasteiger partial charge on any atom is -0.481 e. The highest BCUT2D eigenvalue weighted by molar-refractivity contribution is 6.36. The molecule has 0 saturated heterocycles. The number of carboxylic acids is 1. The lowest BCUT2D eigenvalue weighted by Crippen LogP contribution is -2.46. The van der Waals surface area contributed by atoms with E-state index in [0.29, 0.717) is 21.2 Å². The third-order valence-electron chi connectivity index (χ3n) is 7.49. The zero-order valence-corrected chi connectivity index (χ0v) is 27.8. The van der Waals surface area contributed by atoms with Crippen LogP contribution in [0.1, 0.15) is 23.4 Å². The Kier molecular flexibility index (Phi) is 11.5. The van der Waals surface area contributed by atoms with Crippen molar-refractivity contribution < 1.29 is 33.4 Å². The lowest BCUT2D eigenvalue weighted by atomic mass is 10.1. The smallest absolute Gasteiger partial charge is 0.444 e. The fourth-order valence-electron chi connectivity index (χ4n) is 4.97. The molecule has 260 valence electrons. The molecular formula is C33H26Cl2FN8O7+. The molecule has 0 spiro atoms. The number of nitroso groups, excluding NO2 is 1. The second kappa shape index (κ2) is 16.1. The largest absolute Gasteiger partial charge is 0.481 e. The summed E-state index contributed by atoms with van der Waals surface area (Å²) in [6.45, 7) is -1.44. The number of rotatable bonds is 14. The van der Waals surface area contributed by atoms with Crippen LogP contribution in [0.25, 0.3) is 11.4 Å². The average molecular weight is 737 g/mol. The number of halogens is 3. The van der Waals surface area contributed by atoms with Gasteiger partial charge in [0.15, 0.2) is 11.6 Å². The van der Waals surface area contributed by atoms with Gasteiger partial charge in [0.2, 0.25) is 5.91 Å². The molecule has 5 aromatic rings. The Morgan fingerprint density at radius 1 is 0.941 bits per heavy atom. The summed E-state index contributed by atoms with van der Waals surface area (Å²) in [7, 11) is 0. The van der Waals surface area contributed by atoms with Crippen LogP contribution in [0.15, 0.2) is 83.8 Å². The number of hydrogen-bond donors (Lipinski definition) is 2. The van der Waals surface area contributed by atoms with Crippen molar-refractivity contribution >= 4 is 52.5 Å². The van der Waals surface area contributed by atoms with Crippen molar-refractivity contribution in [3.8, 4) is 11.4 Å². The van der Waals surface area contributed by atoms with E-state index >= 15 is 0 Å². The maximum Gasteiger partial charge on any atom is 0.444 e.